The van der Waals surface area contributed by atoms with Crippen LogP contribution in [-0.4, -0.2) is 54.0 Å². The van der Waals surface area contributed by atoms with Gasteiger partial charge in [0.2, 0.25) is 5.95 Å². The third-order valence-electron chi connectivity index (χ3n) is 4.48. The van der Waals surface area contributed by atoms with E-state index in [1.807, 2.05) is 0 Å². The number of nitrogens with zero attached hydrogens (tertiary/aromatic N) is 3. The number of benzene rings is 1. The second-order valence-corrected chi connectivity index (χ2v) is 7.76. The molecule has 0 aliphatic rings. The van der Waals surface area contributed by atoms with Crippen LogP contribution in [0.25, 0.3) is 11.2 Å². The molecule has 0 aliphatic heterocycles. The predicted molar refractivity (Wildman–Crippen MR) is 122 cm³/mol. The lowest BCUT2D eigenvalue weighted by molar-refractivity contribution is -0.140. The monoisotopic (exact) mass is 509 g/mol. The number of aromatic nitrogens is 4. The van der Waals surface area contributed by atoms with Gasteiger partial charge < -0.3 is 26.6 Å². The van der Waals surface area contributed by atoms with Gasteiger partial charge in [0.25, 0.3) is 11.5 Å². The number of hydrogen-bond acceptors (Lipinski definition) is 9. The van der Waals surface area contributed by atoms with Gasteiger partial charge in [-0.3, -0.25) is 19.4 Å². The van der Waals surface area contributed by atoms with Gasteiger partial charge in [0.15, 0.2) is 11.2 Å². The van der Waals surface area contributed by atoms with Gasteiger partial charge in [0.05, 0.1) is 34.0 Å². The topological polar surface area (TPSA) is 213 Å². The first kappa shape index (κ1) is 24.7. The van der Waals surface area contributed by atoms with Crippen molar-refractivity contribution in [2.24, 2.45) is 0 Å². The van der Waals surface area contributed by atoms with Gasteiger partial charge in [-0.1, -0.05) is 23.2 Å². The van der Waals surface area contributed by atoms with Crippen LogP contribution in [0.3, 0.4) is 0 Å². The SMILES string of the molecule is Nc1nc2ncc(CNc3cc(Cl)c(C(=O)N[C@@H](CCC(=O)O)C(=O)O)c(Cl)c3)nc2c(=O)[nH]1. The molecule has 0 saturated heterocycles. The molecule has 1 amide bonds. The Hall–Kier alpha value is -3.97. The molecule has 0 spiro atoms. The zero-order valence-electron chi connectivity index (χ0n) is 17.1. The maximum Gasteiger partial charge on any atom is 0.326 e. The number of H-pyrrole nitrogens is 1. The third-order valence-corrected chi connectivity index (χ3v) is 5.08. The van der Waals surface area contributed by atoms with E-state index in [0.717, 1.165) is 0 Å². The van der Waals surface area contributed by atoms with Crippen LogP contribution in [0.5, 0.6) is 0 Å². The molecule has 2 aromatic heterocycles. The smallest absolute Gasteiger partial charge is 0.326 e. The summed E-state index contributed by atoms with van der Waals surface area (Å²) in [5, 5.41) is 23.0. The summed E-state index contributed by atoms with van der Waals surface area (Å²) in [5.74, 6) is -3.55. The van der Waals surface area contributed by atoms with Crippen LogP contribution in [-0.2, 0) is 16.1 Å². The molecule has 1 aromatic carbocycles. The molecule has 7 N–H and O–H groups in total. The first-order valence-corrected chi connectivity index (χ1v) is 10.3. The van der Waals surface area contributed by atoms with Crippen LogP contribution < -0.4 is 21.9 Å². The lowest BCUT2D eigenvalue weighted by atomic mass is 10.1. The van der Waals surface area contributed by atoms with E-state index in [4.69, 9.17) is 34.0 Å². The fourth-order valence-electron chi connectivity index (χ4n) is 2.90. The minimum atomic E-state index is -1.44. The Morgan fingerprint density at radius 3 is 2.44 bits per heavy atom. The van der Waals surface area contributed by atoms with E-state index >= 15 is 0 Å². The standard InChI is InChI=1S/C19H17Cl2N7O6/c20-9-3-7(23-5-8-6-24-15-14(25-8)17(32)28-19(22)27-15)4-10(21)13(9)16(31)26-11(18(33)34)1-2-12(29)30/h3-4,6,11,23H,1-2,5H2,(H,26,31)(H,29,30)(H,33,34)(H3,22,24,27,28,32)/t11-/m0/s1. The number of nitrogens with one attached hydrogen (secondary N) is 3. The number of nitrogen functional groups attached to an aromatic ring is 1. The normalized spacial score (nSPS) is 11.7. The Morgan fingerprint density at radius 1 is 1.15 bits per heavy atom. The Labute approximate surface area is 200 Å². The number of carbonyl (C=O) groups is 3. The highest BCUT2D eigenvalue weighted by Gasteiger charge is 2.24. The van der Waals surface area contributed by atoms with Crippen LogP contribution in [0.4, 0.5) is 11.6 Å². The molecule has 0 radical (unpaired) electrons. The van der Waals surface area contributed by atoms with E-state index in [1.54, 1.807) is 0 Å². The molecule has 0 bridgehead atoms. The average Bonchev–Trinajstić information content (AvgIpc) is 2.74. The van der Waals surface area contributed by atoms with E-state index in [9.17, 15) is 24.3 Å². The summed E-state index contributed by atoms with van der Waals surface area (Å²) >= 11 is 12.4. The van der Waals surface area contributed by atoms with Crippen molar-refractivity contribution in [3.05, 3.63) is 50.0 Å². The molecule has 0 saturated carbocycles. The van der Waals surface area contributed by atoms with Gasteiger partial charge in [-0.2, -0.15) is 4.98 Å². The molecular formula is C19H17Cl2N7O6. The van der Waals surface area contributed by atoms with Gasteiger partial charge in [-0.15, -0.1) is 0 Å². The first-order chi connectivity index (χ1) is 16.0. The predicted octanol–water partition coefficient (Wildman–Crippen LogP) is 1.26. The number of fused-ring (bicyclic) bond motifs is 1. The van der Waals surface area contributed by atoms with Crippen molar-refractivity contribution in [3.8, 4) is 0 Å². The Kier molecular flexibility index (Phi) is 7.48. The van der Waals surface area contributed by atoms with Crippen LogP contribution in [0, 0.1) is 0 Å². The maximum absolute atomic E-state index is 12.5. The van der Waals surface area contributed by atoms with Crippen molar-refractivity contribution < 1.29 is 24.6 Å². The number of carboxylic acid groups (broad SMARTS) is 2. The van der Waals surface area contributed by atoms with E-state index in [2.05, 4.69) is 30.6 Å². The van der Waals surface area contributed by atoms with Gasteiger partial charge in [-0.25, -0.2) is 14.8 Å². The summed E-state index contributed by atoms with van der Waals surface area (Å²) in [5.41, 5.74) is 5.65. The van der Waals surface area contributed by atoms with E-state index in [1.165, 1.54) is 18.3 Å². The number of carbonyl (C=O) groups excluding carboxylic acids is 1. The second kappa shape index (κ2) is 10.3. The number of aromatic amines is 1. The quantitative estimate of drug-likeness (QED) is 0.241. The molecule has 3 aromatic rings. The Morgan fingerprint density at radius 2 is 1.82 bits per heavy atom. The molecule has 2 heterocycles. The number of amides is 1. The summed E-state index contributed by atoms with van der Waals surface area (Å²) in [7, 11) is 0. The number of rotatable bonds is 9. The molecule has 34 heavy (non-hydrogen) atoms. The average molecular weight is 510 g/mol. The van der Waals surface area contributed by atoms with Gasteiger partial charge in [-0.05, 0) is 18.6 Å². The number of aliphatic carboxylic acids is 2. The minimum absolute atomic E-state index is 0.00691. The molecule has 0 unspecified atom stereocenters. The van der Waals surface area contributed by atoms with E-state index < -0.39 is 35.9 Å². The van der Waals surface area contributed by atoms with Gasteiger partial charge >= 0.3 is 11.9 Å². The summed E-state index contributed by atoms with van der Waals surface area (Å²) in [6.07, 6.45) is 0.632. The van der Waals surface area contributed by atoms with Gasteiger partial charge in [0.1, 0.15) is 6.04 Å². The number of nitrogens with two attached hydrogens (primary N) is 1. The summed E-state index contributed by atoms with van der Waals surface area (Å²) in [6, 6.07) is 1.34. The zero-order valence-corrected chi connectivity index (χ0v) is 18.6. The minimum Gasteiger partial charge on any atom is -0.481 e. The third kappa shape index (κ3) is 5.88. The summed E-state index contributed by atoms with van der Waals surface area (Å²) in [6.45, 7) is 0.112. The number of halogens is 2. The lowest BCUT2D eigenvalue weighted by Crippen LogP contribution is -2.41. The molecule has 13 nitrogen and oxygen atoms in total. The first-order valence-electron chi connectivity index (χ1n) is 9.55. The molecular weight excluding hydrogens is 493 g/mol. The molecule has 178 valence electrons. The van der Waals surface area contributed by atoms with Crippen LogP contribution in [0.1, 0.15) is 28.9 Å². The Bertz CT molecular complexity index is 1320. The summed E-state index contributed by atoms with van der Waals surface area (Å²) < 4.78 is 0. The summed E-state index contributed by atoms with van der Waals surface area (Å²) in [4.78, 5) is 61.0. The maximum atomic E-state index is 12.5. The van der Waals surface area contributed by atoms with E-state index in [0.29, 0.717) is 11.4 Å². The number of hydrogen-bond donors (Lipinski definition) is 6. The van der Waals surface area contributed by atoms with Crippen molar-refractivity contribution in [2.45, 2.75) is 25.4 Å². The fraction of sp³-hybridized carbons (Fsp3) is 0.211. The number of anilines is 2. The second-order valence-electron chi connectivity index (χ2n) is 6.95. The molecule has 1 atom stereocenters. The van der Waals surface area contributed by atoms with Gasteiger partial charge in [0, 0.05) is 12.1 Å². The molecule has 0 fully saturated rings. The van der Waals surface area contributed by atoms with Crippen LogP contribution in [0.15, 0.2) is 23.1 Å². The Balaban J connectivity index is 1.74. The van der Waals surface area contributed by atoms with Crippen LogP contribution in [0.2, 0.25) is 10.0 Å². The molecule has 0 aliphatic carbocycles. The van der Waals surface area contributed by atoms with E-state index in [-0.39, 0.29) is 45.7 Å². The van der Waals surface area contributed by atoms with Crippen molar-refractivity contribution >= 4 is 63.8 Å². The molecule has 15 heteroatoms. The number of carboxylic acids is 2. The van der Waals surface area contributed by atoms with Crippen LogP contribution >= 0.6 is 23.2 Å². The largest absolute Gasteiger partial charge is 0.481 e. The highest BCUT2D eigenvalue weighted by atomic mass is 35.5. The van der Waals surface area contributed by atoms with Crippen molar-refractivity contribution in [1.29, 1.82) is 0 Å². The molecule has 3 rings (SSSR count). The zero-order chi connectivity index (χ0) is 25.0. The van der Waals surface area contributed by atoms with Crippen molar-refractivity contribution in [1.82, 2.24) is 25.3 Å². The fourth-order valence-corrected chi connectivity index (χ4v) is 3.56. The van der Waals surface area contributed by atoms with Crippen molar-refractivity contribution in [3.63, 3.8) is 0 Å². The van der Waals surface area contributed by atoms with Crippen molar-refractivity contribution in [2.75, 3.05) is 11.1 Å². The highest BCUT2D eigenvalue weighted by molar-refractivity contribution is 6.40. The lowest BCUT2D eigenvalue weighted by Gasteiger charge is -2.16. The highest BCUT2D eigenvalue weighted by Crippen LogP contribution is 2.29.